The number of rotatable bonds is 5. The molecule has 0 aliphatic rings. The van der Waals surface area contributed by atoms with Crippen molar-refractivity contribution in [1.29, 1.82) is 0 Å². The second kappa shape index (κ2) is 7.06. The van der Waals surface area contributed by atoms with Crippen molar-refractivity contribution in [2.24, 2.45) is 7.05 Å². The molecule has 0 saturated carbocycles. The standard InChI is InChI=1S/C19H21N5O3/c1-11-7-5-6-8-14(11)10-24-13(3)16(12(2)22-24)21-18(25)15-9-20-23(4)17(15)19(26)27/h5-9H,10H2,1-4H3,(H,21,25)(H,26,27). The number of aryl methyl sites for hydroxylation is 3. The van der Waals surface area contributed by atoms with Crippen LogP contribution in [0.3, 0.4) is 0 Å². The van der Waals surface area contributed by atoms with Crippen LogP contribution in [0.15, 0.2) is 30.5 Å². The molecule has 0 bridgehead atoms. The van der Waals surface area contributed by atoms with E-state index in [9.17, 15) is 14.7 Å². The minimum Gasteiger partial charge on any atom is -0.477 e. The Morgan fingerprint density at radius 1 is 1.19 bits per heavy atom. The first kappa shape index (κ1) is 18.4. The van der Waals surface area contributed by atoms with Gasteiger partial charge in [-0.3, -0.25) is 14.2 Å². The van der Waals surface area contributed by atoms with Crippen LogP contribution in [-0.4, -0.2) is 36.5 Å². The minimum absolute atomic E-state index is 0.00968. The number of nitrogens with one attached hydrogen (secondary N) is 1. The Morgan fingerprint density at radius 3 is 2.56 bits per heavy atom. The maximum atomic E-state index is 12.6. The number of carboxylic acid groups (broad SMARTS) is 1. The lowest BCUT2D eigenvalue weighted by molar-refractivity contribution is 0.0680. The summed E-state index contributed by atoms with van der Waals surface area (Å²) in [6.45, 7) is 6.30. The van der Waals surface area contributed by atoms with Crippen LogP contribution in [0.1, 0.15) is 43.4 Å². The number of carboxylic acids is 1. The van der Waals surface area contributed by atoms with Crippen LogP contribution < -0.4 is 5.32 Å². The fourth-order valence-corrected chi connectivity index (χ4v) is 3.02. The monoisotopic (exact) mass is 367 g/mol. The quantitative estimate of drug-likeness (QED) is 0.721. The zero-order valence-corrected chi connectivity index (χ0v) is 15.6. The highest BCUT2D eigenvalue weighted by molar-refractivity contribution is 6.10. The fourth-order valence-electron chi connectivity index (χ4n) is 3.02. The van der Waals surface area contributed by atoms with Gasteiger partial charge in [0.15, 0.2) is 5.69 Å². The third-order valence-electron chi connectivity index (χ3n) is 4.59. The number of amides is 1. The molecule has 0 atom stereocenters. The number of carbonyl (C=O) groups is 2. The van der Waals surface area contributed by atoms with E-state index in [1.165, 1.54) is 17.9 Å². The fraction of sp³-hybridized carbons (Fsp3) is 0.263. The van der Waals surface area contributed by atoms with E-state index in [1.807, 2.05) is 42.8 Å². The van der Waals surface area contributed by atoms with Crippen molar-refractivity contribution in [3.05, 3.63) is 64.2 Å². The molecule has 0 fully saturated rings. The lowest BCUT2D eigenvalue weighted by Gasteiger charge is -2.09. The molecule has 8 heteroatoms. The molecule has 3 rings (SSSR count). The predicted molar refractivity (Wildman–Crippen MR) is 100 cm³/mol. The lowest BCUT2D eigenvalue weighted by Crippen LogP contribution is -2.18. The van der Waals surface area contributed by atoms with E-state index < -0.39 is 11.9 Å². The van der Waals surface area contributed by atoms with Crippen LogP contribution in [0.25, 0.3) is 0 Å². The number of hydrogen-bond acceptors (Lipinski definition) is 4. The van der Waals surface area contributed by atoms with Gasteiger partial charge in [-0.05, 0) is 31.9 Å². The Morgan fingerprint density at radius 2 is 1.89 bits per heavy atom. The van der Waals surface area contributed by atoms with Gasteiger partial charge in [-0.2, -0.15) is 10.2 Å². The predicted octanol–water partition coefficient (Wildman–Crippen LogP) is 2.54. The molecule has 2 heterocycles. The smallest absolute Gasteiger partial charge is 0.354 e. The average Bonchev–Trinajstić information content (AvgIpc) is 3.12. The molecule has 1 amide bonds. The third-order valence-corrected chi connectivity index (χ3v) is 4.59. The Labute approximate surface area is 156 Å². The number of aromatic carboxylic acids is 1. The molecule has 140 valence electrons. The Kier molecular flexibility index (Phi) is 4.81. The van der Waals surface area contributed by atoms with Gasteiger partial charge in [-0.15, -0.1) is 0 Å². The van der Waals surface area contributed by atoms with Crippen LogP contribution in [0.5, 0.6) is 0 Å². The summed E-state index contributed by atoms with van der Waals surface area (Å²) >= 11 is 0. The van der Waals surface area contributed by atoms with Crippen LogP contribution in [-0.2, 0) is 13.6 Å². The molecule has 1 aromatic carbocycles. The minimum atomic E-state index is -1.20. The second-order valence-electron chi connectivity index (χ2n) is 6.42. The normalized spacial score (nSPS) is 10.8. The number of aromatic nitrogens is 4. The maximum absolute atomic E-state index is 12.6. The van der Waals surface area contributed by atoms with E-state index >= 15 is 0 Å². The SMILES string of the molecule is Cc1ccccc1Cn1nc(C)c(NC(=O)c2cnn(C)c2C(=O)O)c1C. The van der Waals surface area contributed by atoms with E-state index in [0.717, 1.165) is 16.8 Å². The van der Waals surface area contributed by atoms with Gasteiger partial charge in [0.1, 0.15) is 0 Å². The number of nitrogens with zero attached hydrogens (tertiary/aromatic N) is 4. The molecule has 0 saturated heterocycles. The molecule has 2 N–H and O–H groups in total. The second-order valence-corrected chi connectivity index (χ2v) is 6.42. The number of benzene rings is 1. The summed E-state index contributed by atoms with van der Waals surface area (Å²) in [6, 6.07) is 8.05. The van der Waals surface area contributed by atoms with Crippen LogP contribution in [0.2, 0.25) is 0 Å². The largest absolute Gasteiger partial charge is 0.477 e. The maximum Gasteiger partial charge on any atom is 0.354 e. The van der Waals surface area contributed by atoms with E-state index in [1.54, 1.807) is 6.92 Å². The molecular formula is C19H21N5O3. The van der Waals surface area contributed by atoms with Crippen LogP contribution >= 0.6 is 0 Å². The van der Waals surface area contributed by atoms with Crippen molar-refractivity contribution in [2.45, 2.75) is 27.3 Å². The van der Waals surface area contributed by atoms with Crippen molar-refractivity contribution in [3.63, 3.8) is 0 Å². The first-order valence-electron chi connectivity index (χ1n) is 8.44. The molecular weight excluding hydrogens is 346 g/mol. The number of carbonyl (C=O) groups excluding carboxylic acids is 1. The van der Waals surface area contributed by atoms with Crippen LogP contribution in [0, 0.1) is 20.8 Å². The summed E-state index contributed by atoms with van der Waals surface area (Å²) < 4.78 is 2.99. The van der Waals surface area contributed by atoms with Gasteiger partial charge in [0.2, 0.25) is 0 Å². The first-order valence-corrected chi connectivity index (χ1v) is 8.44. The van der Waals surface area contributed by atoms with Gasteiger partial charge < -0.3 is 10.4 Å². The summed E-state index contributed by atoms with van der Waals surface area (Å²) in [5.74, 6) is -1.73. The van der Waals surface area contributed by atoms with Crippen molar-refractivity contribution in [2.75, 3.05) is 5.32 Å². The highest BCUT2D eigenvalue weighted by Crippen LogP contribution is 2.22. The molecule has 27 heavy (non-hydrogen) atoms. The summed E-state index contributed by atoms with van der Waals surface area (Å²) in [6.07, 6.45) is 1.25. The molecule has 2 aromatic heterocycles. The Hall–Kier alpha value is -3.42. The number of hydrogen-bond donors (Lipinski definition) is 2. The van der Waals surface area contributed by atoms with E-state index in [2.05, 4.69) is 15.5 Å². The molecule has 0 radical (unpaired) electrons. The third kappa shape index (κ3) is 3.46. The summed E-state index contributed by atoms with van der Waals surface area (Å²) in [5, 5.41) is 20.5. The van der Waals surface area contributed by atoms with Gasteiger partial charge in [0, 0.05) is 7.05 Å². The van der Waals surface area contributed by atoms with Gasteiger partial charge in [-0.1, -0.05) is 24.3 Å². The summed E-state index contributed by atoms with van der Waals surface area (Å²) in [4.78, 5) is 24.0. The van der Waals surface area contributed by atoms with Gasteiger partial charge in [0.25, 0.3) is 5.91 Å². The van der Waals surface area contributed by atoms with Gasteiger partial charge in [-0.25, -0.2) is 4.79 Å². The highest BCUT2D eigenvalue weighted by atomic mass is 16.4. The molecule has 0 unspecified atom stereocenters. The Balaban J connectivity index is 1.88. The Bertz CT molecular complexity index is 1030. The van der Waals surface area contributed by atoms with Crippen LogP contribution in [0.4, 0.5) is 5.69 Å². The van der Waals surface area contributed by atoms with Gasteiger partial charge >= 0.3 is 5.97 Å². The van der Waals surface area contributed by atoms with Crippen molar-refractivity contribution in [3.8, 4) is 0 Å². The topological polar surface area (TPSA) is 102 Å². The molecule has 8 nitrogen and oxygen atoms in total. The molecule has 0 spiro atoms. The zero-order chi connectivity index (χ0) is 19.7. The summed E-state index contributed by atoms with van der Waals surface area (Å²) in [7, 11) is 1.48. The first-order chi connectivity index (χ1) is 12.8. The van der Waals surface area contributed by atoms with Crippen molar-refractivity contribution < 1.29 is 14.7 Å². The van der Waals surface area contributed by atoms with E-state index in [-0.39, 0.29) is 11.3 Å². The highest BCUT2D eigenvalue weighted by Gasteiger charge is 2.23. The van der Waals surface area contributed by atoms with Crippen molar-refractivity contribution in [1.82, 2.24) is 19.6 Å². The number of anilines is 1. The molecule has 0 aliphatic heterocycles. The zero-order valence-electron chi connectivity index (χ0n) is 15.6. The van der Waals surface area contributed by atoms with E-state index in [4.69, 9.17) is 0 Å². The lowest BCUT2D eigenvalue weighted by atomic mass is 10.1. The van der Waals surface area contributed by atoms with Crippen molar-refractivity contribution >= 4 is 17.6 Å². The van der Waals surface area contributed by atoms with E-state index in [0.29, 0.717) is 17.9 Å². The average molecular weight is 367 g/mol. The summed E-state index contributed by atoms with van der Waals surface area (Å²) in [5.41, 5.74) is 4.19. The molecule has 3 aromatic rings. The van der Waals surface area contributed by atoms with Gasteiger partial charge in [0.05, 0.1) is 35.4 Å². The molecule has 0 aliphatic carbocycles.